The molecule has 0 saturated heterocycles. The number of hydrogen-bond donors (Lipinski definition) is 1. The van der Waals surface area contributed by atoms with E-state index in [0.717, 1.165) is 12.1 Å². The molecule has 0 aromatic heterocycles. The fourth-order valence-electron chi connectivity index (χ4n) is 1.03. The van der Waals surface area contributed by atoms with Crippen molar-refractivity contribution in [3.63, 3.8) is 0 Å². The number of nitrogens with one attached hydrogen (secondary N) is 1. The Hall–Kier alpha value is -0.750. The van der Waals surface area contributed by atoms with Crippen molar-refractivity contribution in [2.75, 3.05) is 5.32 Å². The highest BCUT2D eigenvalue weighted by Crippen LogP contribution is 2.34. The number of halogens is 5. The second kappa shape index (κ2) is 5.27. The predicted molar refractivity (Wildman–Crippen MR) is 63.1 cm³/mol. The molecule has 2 nitrogen and oxygen atoms in total. The van der Waals surface area contributed by atoms with Crippen molar-refractivity contribution in [1.82, 2.24) is 0 Å². The first-order chi connectivity index (χ1) is 7.71. The Balaban J connectivity index is 3.03. The summed E-state index contributed by atoms with van der Waals surface area (Å²) < 4.78 is 37.7. The van der Waals surface area contributed by atoms with Gasteiger partial charge < -0.3 is 5.32 Å². The number of amides is 1. The summed E-state index contributed by atoms with van der Waals surface area (Å²) in [5.74, 6) is -0.563. The van der Waals surface area contributed by atoms with Gasteiger partial charge in [0.2, 0.25) is 5.91 Å². The van der Waals surface area contributed by atoms with Crippen LogP contribution in [0.2, 0.25) is 0 Å². The van der Waals surface area contributed by atoms with Gasteiger partial charge in [0.05, 0.1) is 11.3 Å². The Labute approximate surface area is 109 Å². The molecule has 0 spiro atoms. The molecule has 7 heteroatoms. The minimum Gasteiger partial charge on any atom is -0.324 e. The van der Waals surface area contributed by atoms with Crippen molar-refractivity contribution in [3.8, 4) is 0 Å². The fraction of sp³-hybridized carbons (Fsp3) is 0.300. The third kappa shape index (κ3) is 3.89. The van der Waals surface area contributed by atoms with Gasteiger partial charge in [0.25, 0.3) is 0 Å². The lowest BCUT2D eigenvalue weighted by Gasteiger charge is -2.12. The maximum absolute atomic E-state index is 12.4. The molecule has 0 saturated carbocycles. The van der Waals surface area contributed by atoms with E-state index in [-0.39, 0.29) is 5.69 Å². The van der Waals surface area contributed by atoms with Crippen LogP contribution >= 0.6 is 27.5 Å². The number of benzene rings is 1. The Bertz CT molecular complexity index is 434. The molecule has 1 aromatic carbocycles. The highest BCUT2D eigenvalue weighted by Gasteiger charge is 2.31. The van der Waals surface area contributed by atoms with Gasteiger partial charge in [-0.2, -0.15) is 13.2 Å². The molecule has 1 amide bonds. The minimum absolute atomic E-state index is 0.0392. The maximum Gasteiger partial charge on any atom is 0.416 e. The SMILES string of the molecule is CC(Cl)C(=O)Nc1cc(C(F)(F)F)ccc1Br. The van der Waals surface area contributed by atoms with E-state index >= 15 is 0 Å². The molecule has 1 N–H and O–H groups in total. The number of carbonyl (C=O) groups is 1. The van der Waals surface area contributed by atoms with Gasteiger partial charge in [0, 0.05) is 4.47 Å². The van der Waals surface area contributed by atoms with E-state index in [9.17, 15) is 18.0 Å². The molecular formula is C10H8BrClF3NO. The molecule has 0 aliphatic heterocycles. The van der Waals surface area contributed by atoms with Crippen LogP contribution in [0.4, 0.5) is 18.9 Å². The van der Waals surface area contributed by atoms with Crippen molar-refractivity contribution in [2.45, 2.75) is 18.5 Å². The highest BCUT2D eigenvalue weighted by atomic mass is 79.9. The first-order valence-electron chi connectivity index (χ1n) is 4.53. The van der Waals surface area contributed by atoms with E-state index in [4.69, 9.17) is 11.6 Å². The summed E-state index contributed by atoms with van der Waals surface area (Å²) in [5.41, 5.74) is -0.796. The van der Waals surface area contributed by atoms with Crippen molar-refractivity contribution < 1.29 is 18.0 Å². The van der Waals surface area contributed by atoms with Gasteiger partial charge in [-0.1, -0.05) is 0 Å². The van der Waals surface area contributed by atoms with Crippen LogP contribution in [0.5, 0.6) is 0 Å². The smallest absolute Gasteiger partial charge is 0.324 e. The van der Waals surface area contributed by atoms with Crippen LogP contribution in [0.15, 0.2) is 22.7 Å². The van der Waals surface area contributed by atoms with Crippen molar-refractivity contribution in [3.05, 3.63) is 28.2 Å². The third-order valence-electron chi connectivity index (χ3n) is 1.91. The molecule has 0 radical (unpaired) electrons. The van der Waals surface area contributed by atoms with Crippen LogP contribution in [0.1, 0.15) is 12.5 Å². The molecule has 1 atom stereocenters. The van der Waals surface area contributed by atoms with Gasteiger partial charge in [-0.3, -0.25) is 4.79 Å². The van der Waals surface area contributed by atoms with Crippen molar-refractivity contribution >= 4 is 39.1 Å². The van der Waals surface area contributed by atoms with E-state index < -0.39 is 23.0 Å². The number of anilines is 1. The van der Waals surface area contributed by atoms with Crippen LogP contribution in [-0.2, 0) is 11.0 Å². The Morgan fingerprint density at radius 2 is 2.06 bits per heavy atom. The monoisotopic (exact) mass is 329 g/mol. The lowest BCUT2D eigenvalue weighted by Crippen LogP contribution is -2.21. The molecule has 1 aromatic rings. The molecular weight excluding hydrogens is 322 g/mol. The summed E-state index contributed by atoms with van der Waals surface area (Å²) in [7, 11) is 0. The molecule has 0 aliphatic carbocycles. The standard InChI is InChI=1S/C10H8BrClF3NO/c1-5(12)9(17)16-8-4-6(10(13,14)15)2-3-7(8)11/h2-5H,1H3,(H,16,17). The van der Waals surface area contributed by atoms with E-state index in [0.29, 0.717) is 4.47 Å². The summed E-state index contributed by atoms with van der Waals surface area (Å²) in [4.78, 5) is 11.3. The van der Waals surface area contributed by atoms with Crippen LogP contribution < -0.4 is 5.32 Å². The molecule has 0 heterocycles. The zero-order valence-corrected chi connectivity index (χ0v) is 10.9. The van der Waals surface area contributed by atoms with Crippen molar-refractivity contribution in [2.24, 2.45) is 0 Å². The lowest BCUT2D eigenvalue weighted by atomic mass is 10.2. The fourth-order valence-corrected chi connectivity index (χ4v) is 1.43. The summed E-state index contributed by atoms with van der Waals surface area (Å²) in [6.07, 6.45) is -4.45. The normalized spacial score (nSPS) is 13.3. The summed E-state index contributed by atoms with van der Waals surface area (Å²) in [5, 5.41) is 1.48. The Morgan fingerprint density at radius 3 is 2.53 bits per heavy atom. The number of hydrogen-bond acceptors (Lipinski definition) is 1. The maximum atomic E-state index is 12.4. The van der Waals surface area contributed by atoms with Gasteiger partial charge in [0.15, 0.2) is 0 Å². The average Bonchev–Trinajstić information content (AvgIpc) is 2.19. The topological polar surface area (TPSA) is 29.1 Å². The highest BCUT2D eigenvalue weighted by molar-refractivity contribution is 9.10. The van der Waals surface area contributed by atoms with Crippen LogP contribution in [0.3, 0.4) is 0 Å². The van der Waals surface area contributed by atoms with Crippen LogP contribution in [-0.4, -0.2) is 11.3 Å². The second-order valence-corrected chi connectivity index (χ2v) is 4.81. The molecule has 0 bridgehead atoms. The zero-order valence-electron chi connectivity index (χ0n) is 8.61. The van der Waals surface area contributed by atoms with Crippen molar-refractivity contribution in [1.29, 1.82) is 0 Å². The number of alkyl halides is 4. The first-order valence-corrected chi connectivity index (χ1v) is 5.76. The van der Waals surface area contributed by atoms with Gasteiger partial charge in [-0.25, -0.2) is 0 Å². The Kier molecular flexibility index (Phi) is 4.43. The van der Waals surface area contributed by atoms with Gasteiger partial charge in [-0.05, 0) is 41.1 Å². The molecule has 1 rings (SSSR count). The van der Waals surface area contributed by atoms with E-state index in [1.807, 2.05) is 0 Å². The van der Waals surface area contributed by atoms with E-state index in [1.165, 1.54) is 13.0 Å². The quantitative estimate of drug-likeness (QED) is 0.815. The average molecular weight is 331 g/mol. The van der Waals surface area contributed by atoms with E-state index in [2.05, 4.69) is 21.2 Å². The summed E-state index contributed by atoms with van der Waals surface area (Å²) in [6.45, 7) is 1.43. The minimum atomic E-state index is -4.45. The molecule has 94 valence electrons. The first kappa shape index (κ1) is 14.3. The molecule has 0 aliphatic rings. The molecule has 17 heavy (non-hydrogen) atoms. The second-order valence-electron chi connectivity index (χ2n) is 3.30. The van der Waals surface area contributed by atoms with Gasteiger partial charge in [-0.15, -0.1) is 11.6 Å². The predicted octanol–water partition coefficient (Wildman–Crippen LogP) is 4.03. The largest absolute Gasteiger partial charge is 0.416 e. The third-order valence-corrected chi connectivity index (χ3v) is 2.80. The molecule has 1 unspecified atom stereocenters. The number of rotatable bonds is 2. The van der Waals surface area contributed by atoms with Gasteiger partial charge >= 0.3 is 6.18 Å². The van der Waals surface area contributed by atoms with Gasteiger partial charge in [0.1, 0.15) is 5.38 Å². The zero-order chi connectivity index (χ0) is 13.2. The number of carbonyl (C=O) groups excluding carboxylic acids is 1. The van der Waals surface area contributed by atoms with Crippen LogP contribution in [0.25, 0.3) is 0 Å². The lowest BCUT2D eigenvalue weighted by molar-refractivity contribution is -0.137. The van der Waals surface area contributed by atoms with E-state index in [1.54, 1.807) is 0 Å². The van der Waals surface area contributed by atoms with Crippen LogP contribution in [0, 0.1) is 0 Å². The Morgan fingerprint density at radius 1 is 1.47 bits per heavy atom. The summed E-state index contributed by atoms with van der Waals surface area (Å²) in [6, 6.07) is 2.99. The summed E-state index contributed by atoms with van der Waals surface area (Å²) >= 11 is 8.56. The molecule has 0 fully saturated rings.